The third kappa shape index (κ3) is 2.39. The highest BCUT2D eigenvalue weighted by molar-refractivity contribution is 7.99. The van der Waals surface area contributed by atoms with E-state index in [1.807, 2.05) is 34.6 Å². The van der Waals surface area contributed by atoms with Crippen molar-refractivity contribution in [2.75, 3.05) is 17.2 Å². The molecule has 0 aromatic carbocycles. The molecule has 17 heavy (non-hydrogen) atoms. The summed E-state index contributed by atoms with van der Waals surface area (Å²) in [5.41, 5.74) is 7.32. The Morgan fingerprint density at radius 2 is 2.47 bits per heavy atom. The number of fused-ring (bicyclic) bond motifs is 1. The molecule has 0 aliphatic carbocycles. The standard InChI is InChI=1S/C12H16N4S/c13-10-3-4-16-12(7-10)14-11(15-16)6-9-2-1-5-17-8-9/h3-4,7,9H,1-2,5-6,8,13H2. The van der Waals surface area contributed by atoms with E-state index < -0.39 is 0 Å². The molecule has 1 aliphatic rings. The normalized spacial score (nSPS) is 20.8. The number of hydrogen-bond acceptors (Lipinski definition) is 4. The number of nitrogens with two attached hydrogens (primary N) is 1. The number of pyridine rings is 1. The quantitative estimate of drug-likeness (QED) is 0.883. The fourth-order valence-electron chi connectivity index (χ4n) is 2.26. The molecule has 4 nitrogen and oxygen atoms in total. The number of hydrogen-bond donors (Lipinski definition) is 1. The van der Waals surface area contributed by atoms with Crippen LogP contribution in [0.1, 0.15) is 18.7 Å². The second-order valence-electron chi connectivity index (χ2n) is 4.58. The van der Waals surface area contributed by atoms with Crippen molar-refractivity contribution in [2.24, 2.45) is 5.92 Å². The molecular weight excluding hydrogens is 232 g/mol. The van der Waals surface area contributed by atoms with Gasteiger partial charge in [-0.15, -0.1) is 0 Å². The van der Waals surface area contributed by atoms with E-state index in [0.29, 0.717) is 0 Å². The fraction of sp³-hybridized carbons (Fsp3) is 0.500. The molecule has 1 aliphatic heterocycles. The third-order valence-electron chi connectivity index (χ3n) is 3.13. The summed E-state index contributed by atoms with van der Waals surface area (Å²) in [4.78, 5) is 4.53. The predicted octanol–water partition coefficient (Wildman–Crippen LogP) is 2.00. The van der Waals surface area contributed by atoms with E-state index in [-0.39, 0.29) is 0 Å². The molecule has 3 rings (SSSR count). The van der Waals surface area contributed by atoms with Crippen molar-refractivity contribution in [2.45, 2.75) is 19.3 Å². The topological polar surface area (TPSA) is 56.2 Å². The average Bonchev–Trinajstić information content (AvgIpc) is 2.71. The maximum Gasteiger partial charge on any atom is 0.157 e. The lowest BCUT2D eigenvalue weighted by atomic mass is 10.0. The van der Waals surface area contributed by atoms with Gasteiger partial charge < -0.3 is 5.73 Å². The molecule has 0 saturated carbocycles. The van der Waals surface area contributed by atoms with Crippen LogP contribution in [0.5, 0.6) is 0 Å². The molecule has 2 N–H and O–H groups in total. The highest BCUT2D eigenvalue weighted by atomic mass is 32.2. The van der Waals surface area contributed by atoms with Crippen molar-refractivity contribution in [1.29, 1.82) is 0 Å². The Bertz CT molecular complexity index is 516. The van der Waals surface area contributed by atoms with E-state index in [1.165, 1.54) is 24.3 Å². The van der Waals surface area contributed by atoms with Crippen LogP contribution in [-0.4, -0.2) is 26.1 Å². The van der Waals surface area contributed by atoms with Crippen molar-refractivity contribution >= 4 is 23.1 Å². The van der Waals surface area contributed by atoms with Crippen LogP contribution in [0, 0.1) is 5.92 Å². The van der Waals surface area contributed by atoms with Gasteiger partial charge >= 0.3 is 0 Å². The third-order valence-corrected chi connectivity index (χ3v) is 4.42. The molecule has 2 aromatic heterocycles. The minimum atomic E-state index is 0.739. The Morgan fingerprint density at radius 3 is 3.29 bits per heavy atom. The molecule has 0 spiro atoms. The van der Waals surface area contributed by atoms with Gasteiger partial charge in [-0.25, -0.2) is 9.50 Å². The first kappa shape index (κ1) is 10.9. The van der Waals surface area contributed by atoms with E-state index in [4.69, 9.17) is 5.73 Å². The summed E-state index contributed by atoms with van der Waals surface area (Å²) in [5, 5.41) is 4.49. The Kier molecular flexibility index (Phi) is 2.93. The number of nitrogens with zero attached hydrogens (tertiary/aromatic N) is 3. The lowest BCUT2D eigenvalue weighted by molar-refractivity contribution is 0.508. The van der Waals surface area contributed by atoms with E-state index in [9.17, 15) is 0 Å². The van der Waals surface area contributed by atoms with Crippen LogP contribution >= 0.6 is 11.8 Å². The van der Waals surface area contributed by atoms with Gasteiger partial charge in [0.1, 0.15) is 0 Å². The molecule has 3 heterocycles. The summed E-state index contributed by atoms with van der Waals surface area (Å²) in [7, 11) is 0. The van der Waals surface area contributed by atoms with Crippen molar-refractivity contribution in [1.82, 2.24) is 14.6 Å². The van der Waals surface area contributed by atoms with E-state index in [0.717, 1.165) is 29.5 Å². The number of rotatable bonds is 2. The van der Waals surface area contributed by atoms with E-state index >= 15 is 0 Å². The van der Waals surface area contributed by atoms with Gasteiger partial charge in [0.25, 0.3) is 0 Å². The second kappa shape index (κ2) is 4.56. The lowest BCUT2D eigenvalue weighted by Gasteiger charge is -2.19. The SMILES string of the molecule is Nc1ccn2nc(CC3CCCSC3)nc2c1. The summed E-state index contributed by atoms with van der Waals surface area (Å²) in [5.74, 6) is 4.25. The molecule has 1 atom stereocenters. The van der Waals surface area contributed by atoms with Gasteiger partial charge in [-0.2, -0.15) is 16.9 Å². The summed E-state index contributed by atoms with van der Waals surface area (Å²) in [6, 6.07) is 3.72. The maximum atomic E-state index is 5.73. The van der Waals surface area contributed by atoms with Crippen LogP contribution in [0.15, 0.2) is 18.3 Å². The van der Waals surface area contributed by atoms with Crippen LogP contribution in [0.3, 0.4) is 0 Å². The van der Waals surface area contributed by atoms with Crippen LogP contribution in [-0.2, 0) is 6.42 Å². The minimum absolute atomic E-state index is 0.739. The molecule has 90 valence electrons. The summed E-state index contributed by atoms with van der Waals surface area (Å²) < 4.78 is 1.81. The molecule has 0 radical (unpaired) electrons. The molecule has 0 bridgehead atoms. The largest absolute Gasteiger partial charge is 0.399 e. The van der Waals surface area contributed by atoms with Crippen molar-refractivity contribution < 1.29 is 0 Å². The average molecular weight is 248 g/mol. The van der Waals surface area contributed by atoms with Gasteiger partial charge in [0.05, 0.1) is 0 Å². The smallest absolute Gasteiger partial charge is 0.157 e. The molecule has 1 saturated heterocycles. The number of aromatic nitrogens is 3. The molecular formula is C12H16N4S. The van der Waals surface area contributed by atoms with Crippen LogP contribution in [0.2, 0.25) is 0 Å². The van der Waals surface area contributed by atoms with Gasteiger partial charge in [-0.05, 0) is 36.3 Å². The first-order chi connectivity index (χ1) is 8.31. The minimum Gasteiger partial charge on any atom is -0.399 e. The molecule has 0 amide bonds. The van der Waals surface area contributed by atoms with E-state index in [1.54, 1.807) is 0 Å². The zero-order chi connectivity index (χ0) is 11.7. The zero-order valence-corrected chi connectivity index (χ0v) is 10.5. The predicted molar refractivity (Wildman–Crippen MR) is 71.2 cm³/mol. The summed E-state index contributed by atoms with van der Waals surface area (Å²) in [6.07, 6.45) is 5.51. The summed E-state index contributed by atoms with van der Waals surface area (Å²) >= 11 is 2.05. The highest BCUT2D eigenvalue weighted by Gasteiger charge is 2.16. The highest BCUT2D eigenvalue weighted by Crippen LogP contribution is 2.25. The van der Waals surface area contributed by atoms with Gasteiger partial charge in [0.2, 0.25) is 0 Å². The molecule has 1 fully saturated rings. The van der Waals surface area contributed by atoms with E-state index in [2.05, 4.69) is 10.1 Å². The van der Waals surface area contributed by atoms with Gasteiger partial charge in [0, 0.05) is 24.4 Å². The number of nitrogen functional groups attached to an aromatic ring is 1. The second-order valence-corrected chi connectivity index (χ2v) is 5.73. The first-order valence-electron chi connectivity index (χ1n) is 6.00. The Morgan fingerprint density at radius 1 is 1.53 bits per heavy atom. The first-order valence-corrected chi connectivity index (χ1v) is 7.15. The Hall–Kier alpha value is -1.23. The maximum absolute atomic E-state index is 5.73. The van der Waals surface area contributed by atoms with Crippen molar-refractivity contribution in [3.8, 4) is 0 Å². The van der Waals surface area contributed by atoms with Gasteiger partial charge in [-0.1, -0.05) is 0 Å². The van der Waals surface area contributed by atoms with Crippen molar-refractivity contribution in [3.63, 3.8) is 0 Å². The van der Waals surface area contributed by atoms with Gasteiger partial charge in [0.15, 0.2) is 11.5 Å². The molecule has 1 unspecified atom stereocenters. The molecule has 2 aromatic rings. The Labute approximate surface area is 105 Å². The van der Waals surface area contributed by atoms with Crippen LogP contribution in [0.4, 0.5) is 5.69 Å². The number of anilines is 1. The lowest BCUT2D eigenvalue weighted by Crippen LogP contribution is -2.13. The van der Waals surface area contributed by atoms with Crippen LogP contribution < -0.4 is 5.73 Å². The Balaban J connectivity index is 1.80. The monoisotopic (exact) mass is 248 g/mol. The van der Waals surface area contributed by atoms with Crippen LogP contribution in [0.25, 0.3) is 5.65 Å². The molecule has 5 heteroatoms. The number of thioether (sulfide) groups is 1. The van der Waals surface area contributed by atoms with Crippen molar-refractivity contribution in [3.05, 3.63) is 24.2 Å². The van der Waals surface area contributed by atoms with Gasteiger partial charge in [-0.3, -0.25) is 0 Å². The fourth-order valence-corrected chi connectivity index (χ4v) is 3.41. The summed E-state index contributed by atoms with van der Waals surface area (Å²) in [6.45, 7) is 0. The zero-order valence-electron chi connectivity index (χ0n) is 9.67.